The molecular weight excluding hydrogens is 288 g/mol. The zero-order valence-electron chi connectivity index (χ0n) is 10.2. The second-order valence-corrected chi connectivity index (χ2v) is 5.67. The molecule has 19 heavy (non-hydrogen) atoms. The summed E-state index contributed by atoms with van der Waals surface area (Å²) in [7, 11) is -3.89. The number of carbonyl (C=O) groups excluding carboxylic acids is 1. The van der Waals surface area contributed by atoms with Crippen LogP contribution in [0.3, 0.4) is 0 Å². The van der Waals surface area contributed by atoms with Gasteiger partial charge in [0.2, 0.25) is 15.9 Å². The molecule has 1 aromatic rings. The van der Waals surface area contributed by atoms with Gasteiger partial charge in [0.1, 0.15) is 15.6 Å². The van der Waals surface area contributed by atoms with E-state index in [0.717, 1.165) is 0 Å². The van der Waals surface area contributed by atoms with Gasteiger partial charge in [0.15, 0.2) is 0 Å². The lowest BCUT2D eigenvalue weighted by Gasteiger charge is -2.09. The Morgan fingerprint density at radius 1 is 1.53 bits per heavy atom. The number of nitrogens with two attached hydrogens (primary N) is 1. The Morgan fingerprint density at radius 2 is 2.21 bits per heavy atom. The zero-order valence-corrected chi connectivity index (χ0v) is 11.8. The minimum Gasteiger partial charge on any atom is -0.388 e. The van der Waals surface area contributed by atoms with E-state index in [4.69, 9.17) is 18.0 Å². The Morgan fingerprint density at radius 3 is 2.79 bits per heavy atom. The topological polar surface area (TPSA) is 114 Å². The van der Waals surface area contributed by atoms with Gasteiger partial charge in [-0.25, -0.2) is 13.1 Å². The number of carbonyl (C=O) groups is 1. The second-order valence-electron chi connectivity index (χ2n) is 3.49. The van der Waals surface area contributed by atoms with Crippen molar-refractivity contribution >= 4 is 33.1 Å². The minimum atomic E-state index is -3.89. The molecule has 104 valence electrons. The SMILES string of the molecule is CCNC(=O)CNS(=O)(=O)c1cccnc1C(N)=S. The fourth-order valence-electron chi connectivity index (χ4n) is 1.29. The van der Waals surface area contributed by atoms with Crippen LogP contribution in [0.15, 0.2) is 23.2 Å². The molecule has 0 aliphatic heterocycles. The number of sulfonamides is 1. The third-order valence-corrected chi connectivity index (χ3v) is 3.72. The fraction of sp³-hybridized carbons (Fsp3) is 0.300. The van der Waals surface area contributed by atoms with Gasteiger partial charge in [0, 0.05) is 12.7 Å². The Hall–Kier alpha value is -1.58. The predicted octanol–water partition coefficient (Wildman–Crippen LogP) is -0.870. The quantitative estimate of drug-likeness (QED) is 0.589. The van der Waals surface area contributed by atoms with Gasteiger partial charge in [-0.15, -0.1) is 0 Å². The first kappa shape index (κ1) is 15.5. The first-order chi connectivity index (χ1) is 8.88. The summed E-state index contributed by atoms with van der Waals surface area (Å²) in [5.41, 5.74) is 5.41. The molecule has 4 N–H and O–H groups in total. The summed E-state index contributed by atoms with van der Waals surface area (Å²) in [6.45, 7) is 1.80. The molecule has 0 bridgehead atoms. The highest BCUT2D eigenvalue weighted by molar-refractivity contribution is 7.89. The number of amides is 1. The number of hydrogen-bond acceptors (Lipinski definition) is 5. The third-order valence-electron chi connectivity index (χ3n) is 2.09. The molecule has 1 aromatic heterocycles. The first-order valence-corrected chi connectivity index (χ1v) is 7.28. The standard InChI is InChI=1S/C10H14N4O3S2/c1-2-12-8(15)6-14-19(16,17)7-4-3-5-13-9(7)10(11)18/h3-5,14H,2,6H2,1H3,(H2,11,18)(H,12,15). The number of nitrogens with zero attached hydrogens (tertiary/aromatic N) is 1. The Kier molecular flexibility index (Phi) is 5.33. The minimum absolute atomic E-state index is 0.000833. The van der Waals surface area contributed by atoms with Crippen molar-refractivity contribution < 1.29 is 13.2 Å². The van der Waals surface area contributed by atoms with E-state index in [1.54, 1.807) is 6.92 Å². The summed E-state index contributed by atoms with van der Waals surface area (Å²) in [5.74, 6) is -0.424. The molecule has 1 amide bonds. The van der Waals surface area contributed by atoms with Gasteiger partial charge < -0.3 is 11.1 Å². The monoisotopic (exact) mass is 302 g/mol. The largest absolute Gasteiger partial charge is 0.388 e. The van der Waals surface area contributed by atoms with Crippen LogP contribution in [-0.4, -0.2) is 37.4 Å². The number of thiocarbonyl (C=S) groups is 1. The van der Waals surface area contributed by atoms with Crippen LogP contribution in [0.1, 0.15) is 12.6 Å². The van der Waals surface area contributed by atoms with Crippen molar-refractivity contribution in [2.45, 2.75) is 11.8 Å². The van der Waals surface area contributed by atoms with E-state index in [9.17, 15) is 13.2 Å². The van der Waals surface area contributed by atoms with Gasteiger partial charge in [-0.1, -0.05) is 12.2 Å². The Balaban J connectivity index is 2.95. The van der Waals surface area contributed by atoms with Crippen molar-refractivity contribution in [1.82, 2.24) is 15.0 Å². The molecule has 9 heteroatoms. The van der Waals surface area contributed by atoms with Crippen LogP contribution in [0.2, 0.25) is 0 Å². The van der Waals surface area contributed by atoms with E-state index >= 15 is 0 Å². The molecule has 0 unspecified atom stereocenters. The van der Waals surface area contributed by atoms with E-state index in [1.165, 1.54) is 18.3 Å². The lowest BCUT2D eigenvalue weighted by molar-refractivity contribution is -0.119. The third kappa shape index (κ3) is 4.23. The highest BCUT2D eigenvalue weighted by Gasteiger charge is 2.21. The maximum Gasteiger partial charge on any atom is 0.243 e. The van der Waals surface area contributed by atoms with Crippen molar-refractivity contribution in [1.29, 1.82) is 0 Å². The highest BCUT2D eigenvalue weighted by atomic mass is 32.2. The van der Waals surface area contributed by atoms with E-state index < -0.39 is 15.9 Å². The van der Waals surface area contributed by atoms with Gasteiger partial charge in [-0.2, -0.15) is 0 Å². The van der Waals surface area contributed by atoms with Crippen LogP contribution >= 0.6 is 12.2 Å². The Labute approximate surface area is 116 Å². The zero-order chi connectivity index (χ0) is 14.5. The van der Waals surface area contributed by atoms with Gasteiger partial charge in [-0.3, -0.25) is 9.78 Å². The predicted molar refractivity (Wildman–Crippen MR) is 74.0 cm³/mol. The summed E-state index contributed by atoms with van der Waals surface area (Å²) in [6.07, 6.45) is 1.39. The van der Waals surface area contributed by atoms with Crippen LogP contribution in [0, 0.1) is 0 Å². The fourth-order valence-corrected chi connectivity index (χ4v) is 2.67. The van der Waals surface area contributed by atoms with Gasteiger partial charge in [0.25, 0.3) is 0 Å². The summed E-state index contributed by atoms with van der Waals surface area (Å²) in [6, 6.07) is 2.77. The van der Waals surface area contributed by atoms with E-state index in [1.807, 2.05) is 0 Å². The summed E-state index contributed by atoms with van der Waals surface area (Å²) >= 11 is 4.74. The molecule has 0 saturated heterocycles. The molecule has 0 atom stereocenters. The summed E-state index contributed by atoms with van der Waals surface area (Å²) in [5, 5.41) is 2.47. The summed E-state index contributed by atoms with van der Waals surface area (Å²) in [4.78, 5) is 14.8. The molecule has 0 aliphatic carbocycles. The number of likely N-dealkylation sites (N-methyl/N-ethyl adjacent to an activating group) is 1. The van der Waals surface area contributed by atoms with Gasteiger partial charge in [0.05, 0.1) is 6.54 Å². The molecule has 0 saturated carbocycles. The number of hydrogen-bond donors (Lipinski definition) is 3. The first-order valence-electron chi connectivity index (χ1n) is 5.39. The van der Waals surface area contributed by atoms with Crippen LogP contribution < -0.4 is 15.8 Å². The Bertz CT molecular complexity index is 586. The molecule has 1 heterocycles. The maximum absolute atomic E-state index is 12.0. The number of aromatic nitrogens is 1. The van der Waals surface area contributed by atoms with Gasteiger partial charge >= 0.3 is 0 Å². The second kappa shape index (κ2) is 6.55. The van der Waals surface area contributed by atoms with Crippen molar-refractivity contribution in [3.63, 3.8) is 0 Å². The average Bonchev–Trinajstić information content (AvgIpc) is 2.37. The van der Waals surface area contributed by atoms with Crippen molar-refractivity contribution in [2.75, 3.05) is 13.1 Å². The van der Waals surface area contributed by atoms with Crippen molar-refractivity contribution in [3.8, 4) is 0 Å². The molecule has 0 radical (unpaired) electrons. The van der Waals surface area contributed by atoms with E-state index in [2.05, 4.69) is 15.0 Å². The van der Waals surface area contributed by atoms with Crippen molar-refractivity contribution in [3.05, 3.63) is 24.0 Å². The molecule has 0 spiro atoms. The molecule has 7 nitrogen and oxygen atoms in total. The number of nitrogens with one attached hydrogen (secondary N) is 2. The van der Waals surface area contributed by atoms with Crippen LogP contribution in [0.25, 0.3) is 0 Å². The van der Waals surface area contributed by atoms with Gasteiger partial charge in [-0.05, 0) is 19.1 Å². The van der Waals surface area contributed by atoms with Crippen LogP contribution in [0.5, 0.6) is 0 Å². The maximum atomic E-state index is 12.0. The summed E-state index contributed by atoms with van der Waals surface area (Å²) < 4.78 is 26.2. The average molecular weight is 302 g/mol. The lowest BCUT2D eigenvalue weighted by atomic mass is 10.3. The molecule has 0 aromatic carbocycles. The smallest absolute Gasteiger partial charge is 0.243 e. The lowest BCUT2D eigenvalue weighted by Crippen LogP contribution is -2.37. The number of pyridine rings is 1. The highest BCUT2D eigenvalue weighted by Crippen LogP contribution is 2.12. The van der Waals surface area contributed by atoms with E-state index in [-0.39, 0.29) is 22.1 Å². The van der Waals surface area contributed by atoms with Crippen molar-refractivity contribution in [2.24, 2.45) is 5.73 Å². The molecule has 0 fully saturated rings. The van der Waals surface area contributed by atoms with Crippen LogP contribution in [0.4, 0.5) is 0 Å². The van der Waals surface area contributed by atoms with Crippen LogP contribution in [-0.2, 0) is 14.8 Å². The molecular formula is C10H14N4O3S2. The molecule has 1 rings (SSSR count). The number of rotatable bonds is 6. The normalized spacial score (nSPS) is 11.0. The van der Waals surface area contributed by atoms with E-state index in [0.29, 0.717) is 6.54 Å². The molecule has 0 aliphatic rings.